The summed E-state index contributed by atoms with van der Waals surface area (Å²) in [5, 5.41) is 0.847. The van der Waals surface area contributed by atoms with Gasteiger partial charge in [0.25, 0.3) is 0 Å². The zero-order valence-corrected chi connectivity index (χ0v) is 15.2. The van der Waals surface area contributed by atoms with E-state index in [9.17, 15) is 4.39 Å². The number of benzene rings is 1. The highest BCUT2D eigenvalue weighted by atomic mass is 19.1. The van der Waals surface area contributed by atoms with Crippen LogP contribution >= 0.6 is 0 Å². The van der Waals surface area contributed by atoms with E-state index in [1.54, 1.807) is 6.07 Å². The number of nitrogens with zero attached hydrogens (tertiary/aromatic N) is 4. The van der Waals surface area contributed by atoms with Crippen LogP contribution in [0.4, 0.5) is 10.2 Å². The molecule has 1 unspecified atom stereocenters. The van der Waals surface area contributed by atoms with Crippen molar-refractivity contribution in [2.75, 3.05) is 51.4 Å². The summed E-state index contributed by atoms with van der Waals surface area (Å²) in [6, 6.07) is 3.55. The summed E-state index contributed by atoms with van der Waals surface area (Å²) in [6.45, 7) is 5.54. The van der Waals surface area contributed by atoms with E-state index in [2.05, 4.69) is 19.8 Å². The molecule has 2 aliphatic rings. The number of hydrogen-bond donors (Lipinski definition) is 0. The summed E-state index contributed by atoms with van der Waals surface area (Å²) in [5.41, 5.74) is 0.615. The number of fused-ring (bicyclic) bond motifs is 1. The van der Waals surface area contributed by atoms with Crippen molar-refractivity contribution in [3.63, 3.8) is 0 Å². The van der Waals surface area contributed by atoms with Gasteiger partial charge in [-0.1, -0.05) is 0 Å². The lowest BCUT2D eigenvalue weighted by Gasteiger charge is -2.40. The standard InChI is InChI=1S/C19H25FN4O2/c1-25-18-10-15-17(11-16(18)20)21-13-22-19(15)24-5-3-2-4-14(24)12-23-6-8-26-9-7-23/h10-11,13-14H,2-9,12H2,1H3. The minimum Gasteiger partial charge on any atom is -0.494 e. The molecule has 0 N–H and O–H groups in total. The maximum Gasteiger partial charge on any atom is 0.167 e. The summed E-state index contributed by atoms with van der Waals surface area (Å²) in [6.07, 6.45) is 5.04. The molecule has 1 atom stereocenters. The number of halogens is 1. The van der Waals surface area contributed by atoms with Crippen molar-refractivity contribution >= 4 is 16.7 Å². The molecule has 2 saturated heterocycles. The second-order valence-corrected chi connectivity index (χ2v) is 6.96. The van der Waals surface area contributed by atoms with E-state index in [0.717, 1.165) is 63.4 Å². The molecule has 26 heavy (non-hydrogen) atoms. The number of methoxy groups -OCH3 is 1. The maximum atomic E-state index is 14.1. The van der Waals surface area contributed by atoms with Crippen LogP contribution in [0.5, 0.6) is 5.75 Å². The average Bonchev–Trinajstić information content (AvgIpc) is 2.68. The molecule has 1 aromatic heterocycles. The van der Waals surface area contributed by atoms with Crippen molar-refractivity contribution in [2.24, 2.45) is 0 Å². The van der Waals surface area contributed by atoms with Gasteiger partial charge in [-0.25, -0.2) is 14.4 Å². The van der Waals surface area contributed by atoms with Crippen LogP contribution in [0.1, 0.15) is 19.3 Å². The first-order chi connectivity index (χ1) is 12.8. The highest BCUT2D eigenvalue weighted by molar-refractivity contribution is 5.90. The maximum absolute atomic E-state index is 14.1. The van der Waals surface area contributed by atoms with Gasteiger partial charge in [0.2, 0.25) is 0 Å². The lowest BCUT2D eigenvalue weighted by Crippen LogP contribution is -2.49. The first-order valence-corrected chi connectivity index (χ1v) is 9.31. The van der Waals surface area contributed by atoms with Gasteiger partial charge < -0.3 is 14.4 Å². The van der Waals surface area contributed by atoms with Crippen LogP contribution in [0.25, 0.3) is 10.9 Å². The normalized spacial score (nSPS) is 21.9. The molecule has 0 saturated carbocycles. The fourth-order valence-electron chi connectivity index (χ4n) is 3.98. The molecule has 0 amide bonds. The van der Waals surface area contributed by atoms with E-state index in [1.165, 1.54) is 25.9 Å². The van der Waals surface area contributed by atoms with Gasteiger partial charge in [-0.15, -0.1) is 0 Å². The van der Waals surface area contributed by atoms with Gasteiger partial charge in [0.05, 0.1) is 25.8 Å². The van der Waals surface area contributed by atoms with Crippen molar-refractivity contribution in [3.8, 4) is 5.75 Å². The van der Waals surface area contributed by atoms with Crippen LogP contribution in [0.3, 0.4) is 0 Å². The molecule has 140 valence electrons. The molecular weight excluding hydrogens is 335 g/mol. The Balaban J connectivity index is 1.67. The van der Waals surface area contributed by atoms with Crippen molar-refractivity contribution in [2.45, 2.75) is 25.3 Å². The van der Waals surface area contributed by atoms with E-state index in [4.69, 9.17) is 9.47 Å². The lowest BCUT2D eigenvalue weighted by molar-refractivity contribution is 0.0338. The predicted octanol–water partition coefficient (Wildman–Crippen LogP) is 2.47. The zero-order valence-electron chi connectivity index (χ0n) is 15.2. The number of aromatic nitrogens is 2. The zero-order chi connectivity index (χ0) is 17.9. The van der Waals surface area contributed by atoms with Gasteiger partial charge in [0, 0.05) is 43.7 Å². The summed E-state index contributed by atoms with van der Waals surface area (Å²) >= 11 is 0. The minimum atomic E-state index is -0.395. The molecule has 2 fully saturated rings. The third-order valence-electron chi connectivity index (χ3n) is 5.36. The smallest absolute Gasteiger partial charge is 0.167 e. The van der Waals surface area contributed by atoms with E-state index in [0.29, 0.717) is 11.6 Å². The topological polar surface area (TPSA) is 50.7 Å². The van der Waals surface area contributed by atoms with Crippen LogP contribution in [0, 0.1) is 5.82 Å². The monoisotopic (exact) mass is 360 g/mol. The van der Waals surface area contributed by atoms with E-state index >= 15 is 0 Å². The van der Waals surface area contributed by atoms with Gasteiger partial charge in [-0.3, -0.25) is 4.90 Å². The molecule has 0 aliphatic carbocycles. The van der Waals surface area contributed by atoms with Gasteiger partial charge in [0.15, 0.2) is 11.6 Å². The van der Waals surface area contributed by atoms with Gasteiger partial charge in [-0.2, -0.15) is 0 Å². The summed E-state index contributed by atoms with van der Waals surface area (Å²) in [4.78, 5) is 13.7. The number of rotatable bonds is 4. The van der Waals surface area contributed by atoms with Gasteiger partial charge >= 0.3 is 0 Å². The van der Waals surface area contributed by atoms with Crippen LogP contribution in [-0.4, -0.2) is 67.4 Å². The van der Waals surface area contributed by atoms with E-state index in [1.807, 2.05) is 0 Å². The average molecular weight is 360 g/mol. The molecule has 0 radical (unpaired) electrons. The Hall–Kier alpha value is -1.99. The molecular formula is C19H25FN4O2. The number of anilines is 1. The Kier molecular flexibility index (Phi) is 5.17. The van der Waals surface area contributed by atoms with Gasteiger partial charge in [0.1, 0.15) is 12.1 Å². The van der Waals surface area contributed by atoms with Crippen molar-refractivity contribution in [3.05, 3.63) is 24.3 Å². The number of morpholine rings is 1. The van der Waals surface area contributed by atoms with Crippen LogP contribution < -0.4 is 9.64 Å². The number of ether oxygens (including phenoxy) is 2. The number of hydrogen-bond acceptors (Lipinski definition) is 6. The third kappa shape index (κ3) is 3.46. The Labute approximate surface area is 152 Å². The summed E-state index contributed by atoms with van der Waals surface area (Å²) < 4.78 is 24.7. The first kappa shape index (κ1) is 17.4. The first-order valence-electron chi connectivity index (χ1n) is 9.31. The highest BCUT2D eigenvalue weighted by Gasteiger charge is 2.28. The Morgan fingerprint density at radius 3 is 2.85 bits per heavy atom. The van der Waals surface area contributed by atoms with Crippen LogP contribution in [0.15, 0.2) is 18.5 Å². The lowest BCUT2D eigenvalue weighted by atomic mass is 10.0. The van der Waals surface area contributed by atoms with Crippen LogP contribution in [0.2, 0.25) is 0 Å². The van der Waals surface area contributed by atoms with Crippen LogP contribution in [-0.2, 0) is 4.74 Å². The predicted molar refractivity (Wildman–Crippen MR) is 98.3 cm³/mol. The molecule has 0 spiro atoms. The molecule has 2 aliphatic heterocycles. The second kappa shape index (κ2) is 7.72. The van der Waals surface area contributed by atoms with Crippen molar-refractivity contribution < 1.29 is 13.9 Å². The fraction of sp³-hybridized carbons (Fsp3) is 0.579. The molecule has 0 bridgehead atoms. The molecule has 6 nitrogen and oxygen atoms in total. The third-order valence-corrected chi connectivity index (χ3v) is 5.36. The molecule has 7 heteroatoms. The van der Waals surface area contributed by atoms with Crippen molar-refractivity contribution in [1.82, 2.24) is 14.9 Å². The van der Waals surface area contributed by atoms with Gasteiger partial charge in [-0.05, 0) is 25.3 Å². The Morgan fingerprint density at radius 2 is 2.04 bits per heavy atom. The quantitative estimate of drug-likeness (QED) is 0.835. The Bertz CT molecular complexity index is 767. The fourth-order valence-corrected chi connectivity index (χ4v) is 3.98. The van der Waals surface area contributed by atoms with E-state index in [-0.39, 0.29) is 5.75 Å². The Morgan fingerprint density at radius 1 is 1.19 bits per heavy atom. The van der Waals surface area contributed by atoms with E-state index < -0.39 is 5.82 Å². The SMILES string of the molecule is COc1cc2c(N3CCCCC3CN3CCOCC3)ncnc2cc1F. The summed E-state index contributed by atoms with van der Waals surface area (Å²) in [5.74, 6) is 0.717. The minimum absolute atomic E-state index is 0.232. The largest absolute Gasteiger partial charge is 0.494 e. The molecule has 1 aromatic carbocycles. The summed E-state index contributed by atoms with van der Waals surface area (Å²) in [7, 11) is 1.48. The molecule has 2 aromatic rings. The van der Waals surface area contributed by atoms with Crippen molar-refractivity contribution in [1.29, 1.82) is 0 Å². The molecule has 4 rings (SSSR count). The number of piperidine rings is 1. The molecule has 3 heterocycles. The second-order valence-electron chi connectivity index (χ2n) is 6.96. The highest BCUT2D eigenvalue weighted by Crippen LogP contribution is 2.32.